The summed E-state index contributed by atoms with van der Waals surface area (Å²) in [4.78, 5) is 71.6. The highest BCUT2D eigenvalue weighted by molar-refractivity contribution is 7.91. The SMILES string of the molecule is Cc1cnc2c(S(C)(=O)=O)cc(Cc3cc(C(=O)NCc4ccc5[nH]cc(Cl)c5c4F)ccn3)cc2c1.Cc1cnc2c(S(C)(=O)=O)cc(Cc3cc(C(=O)NCc4ccc5[nH]cc(Cl)c5c4F)ccn3)cc2c1.Cc1cnc2c(S(C)(=O)=O)cc(Cc3cc(C(=O)O)ccn3)cc2c1.Cl.NCc1ccc2[nH]cc(Cl)c2c1F. The maximum Gasteiger partial charge on any atom is 0.335 e. The molecule has 6 aromatic carbocycles. The summed E-state index contributed by atoms with van der Waals surface area (Å²) < 4.78 is 117. The van der Waals surface area contributed by atoms with Gasteiger partial charge in [0, 0.05) is 191 Å². The Morgan fingerprint density at radius 2 is 0.735 bits per heavy atom. The van der Waals surface area contributed by atoms with Crippen LogP contribution in [-0.4, -0.2) is 112 Å². The molecule has 0 radical (unpaired) electrons. The number of hydrogen-bond donors (Lipinski definition) is 7. The summed E-state index contributed by atoms with van der Waals surface area (Å²) in [7, 11) is -10.5. The van der Waals surface area contributed by atoms with Gasteiger partial charge in [-0.2, -0.15) is 0 Å². The zero-order valence-corrected chi connectivity index (χ0v) is 66.4. The lowest BCUT2D eigenvalue weighted by Crippen LogP contribution is -2.23. The van der Waals surface area contributed by atoms with E-state index in [1.807, 2.05) is 57.2 Å². The van der Waals surface area contributed by atoms with Gasteiger partial charge >= 0.3 is 5.97 Å². The van der Waals surface area contributed by atoms with E-state index in [1.165, 1.54) is 43.1 Å². The number of benzene rings is 6. The van der Waals surface area contributed by atoms with Crippen molar-refractivity contribution >= 4 is 160 Å². The van der Waals surface area contributed by atoms with Crippen molar-refractivity contribution in [3.8, 4) is 0 Å². The van der Waals surface area contributed by atoms with E-state index in [4.69, 9.17) is 45.6 Å². The summed E-state index contributed by atoms with van der Waals surface area (Å²) in [6, 6.07) is 35.4. The third kappa shape index (κ3) is 19.3. The third-order valence-corrected chi connectivity index (χ3v) is 22.2. The van der Waals surface area contributed by atoms with Crippen LogP contribution in [0.15, 0.2) is 198 Å². The van der Waals surface area contributed by atoms with Gasteiger partial charge in [0.25, 0.3) is 11.8 Å². The van der Waals surface area contributed by atoms with Crippen LogP contribution in [-0.2, 0) is 68.4 Å². The number of carboxylic acid groups (broad SMARTS) is 1. The first kappa shape index (κ1) is 82.7. The molecule has 0 saturated carbocycles. The molecular formula is C81H69Cl4F3N12O10S3. The molecule has 8 N–H and O–H groups in total. The van der Waals surface area contributed by atoms with Crippen molar-refractivity contribution in [1.29, 1.82) is 0 Å². The minimum atomic E-state index is -3.52. The number of pyridine rings is 6. The number of aromatic carboxylic acids is 1. The van der Waals surface area contributed by atoms with Gasteiger partial charge < -0.3 is 36.4 Å². The average molecular weight is 1670 g/mol. The van der Waals surface area contributed by atoms with E-state index in [2.05, 4.69) is 55.5 Å². The highest BCUT2D eigenvalue weighted by Gasteiger charge is 2.22. The smallest absolute Gasteiger partial charge is 0.335 e. The van der Waals surface area contributed by atoms with Crippen LogP contribution >= 0.6 is 47.2 Å². The fraction of sp³-hybridized carbons (Fsp3) is 0.148. The first-order chi connectivity index (χ1) is 53.2. The number of rotatable bonds is 17. The number of hydrogen-bond acceptors (Lipinski definition) is 16. The number of aromatic nitrogens is 9. The zero-order chi connectivity index (χ0) is 80.3. The number of nitrogens with two attached hydrogens (primary N) is 1. The van der Waals surface area contributed by atoms with E-state index in [0.29, 0.717) is 118 Å². The van der Waals surface area contributed by atoms with Crippen LogP contribution in [0.1, 0.15) is 98.2 Å². The predicted octanol–water partition coefficient (Wildman–Crippen LogP) is 15.7. The first-order valence-electron chi connectivity index (χ1n) is 34.1. The molecule has 15 rings (SSSR count). The molecule has 32 heteroatoms. The molecule has 0 saturated heterocycles. The summed E-state index contributed by atoms with van der Waals surface area (Å²) in [5, 5.41) is 18.7. The van der Waals surface area contributed by atoms with Crippen LogP contribution in [0.25, 0.3) is 65.4 Å². The number of nitrogens with zero attached hydrogens (tertiary/aromatic N) is 6. The second kappa shape index (κ2) is 34.4. The van der Waals surface area contributed by atoms with Crippen molar-refractivity contribution < 1.29 is 57.9 Å². The highest BCUT2D eigenvalue weighted by atomic mass is 35.5. The van der Waals surface area contributed by atoms with E-state index in [9.17, 15) is 52.8 Å². The molecule has 113 heavy (non-hydrogen) atoms. The van der Waals surface area contributed by atoms with Crippen molar-refractivity contribution in [2.75, 3.05) is 18.8 Å². The molecule has 0 fully saturated rings. The van der Waals surface area contributed by atoms with E-state index in [1.54, 1.807) is 104 Å². The molecule has 0 bridgehead atoms. The van der Waals surface area contributed by atoms with E-state index >= 15 is 0 Å². The third-order valence-electron chi connectivity index (χ3n) is 18.0. The summed E-state index contributed by atoms with van der Waals surface area (Å²) in [5.41, 5.74) is 17.1. The number of aromatic amines is 3. The first-order valence-corrected chi connectivity index (χ1v) is 40.9. The number of H-pyrrole nitrogens is 3. The van der Waals surface area contributed by atoms with Gasteiger partial charge in [-0.25, -0.2) is 43.2 Å². The summed E-state index contributed by atoms with van der Waals surface area (Å²) in [6.45, 7) is 5.81. The lowest BCUT2D eigenvalue weighted by atomic mass is 10.0. The number of halogens is 7. The normalized spacial score (nSPS) is 11.5. The molecule has 0 aliphatic carbocycles. The highest BCUT2D eigenvalue weighted by Crippen LogP contribution is 2.34. The van der Waals surface area contributed by atoms with Crippen molar-refractivity contribution in [1.82, 2.24) is 55.5 Å². The fourth-order valence-electron chi connectivity index (χ4n) is 12.6. The summed E-state index contributed by atoms with van der Waals surface area (Å²) >= 11 is 17.9. The maximum atomic E-state index is 14.9. The number of carbonyl (C=O) groups is 3. The number of amides is 2. The monoisotopic (exact) mass is 1660 g/mol. The van der Waals surface area contributed by atoms with Crippen LogP contribution in [0.5, 0.6) is 0 Å². The number of sulfone groups is 3. The Hall–Kier alpha value is -11.2. The topological polar surface area (TPSA) is 349 Å². The second-order valence-electron chi connectivity index (χ2n) is 26.7. The van der Waals surface area contributed by atoms with Gasteiger partial charge in [0.2, 0.25) is 0 Å². The standard InChI is InChI=1S/2C27H22ClFN4O3S.C18H16N2O4S.C9H8ClFN2.ClH/c2*1-15-7-19-8-16(10-23(37(2,35)36)26(19)32-12-15)9-20-11-17(5-6-30-20)27(34)33-13-18-3-4-22-24(25(18)29)21(28)14-31-22;1-11-5-14-6-12(7-15-9-13(18(21)22)3-4-19-15)8-16(25(2,23)24)17(14)20-10-11;10-6-4-13-7-2-1-5(3-12)9(11)8(6)7;/h2*3-8,10-12,14,31H,9,13H2,1-2H3,(H,33,34);3-6,8-10H,7H2,1-2H3,(H,21,22);1-2,4,13H,3,12H2;1H. The number of fused-ring (bicyclic) bond motifs is 6. The maximum absolute atomic E-state index is 14.9. The van der Waals surface area contributed by atoms with Crippen molar-refractivity contribution in [3.63, 3.8) is 0 Å². The number of nitrogens with one attached hydrogen (secondary N) is 5. The van der Waals surface area contributed by atoms with Crippen LogP contribution in [0.4, 0.5) is 13.2 Å². The molecule has 0 spiro atoms. The molecule has 0 aliphatic heterocycles. The van der Waals surface area contributed by atoms with Crippen LogP contribution in [0, 0.1) is 38.2 Å². The molecule has 0 atom stereocenters. The van der Waals surface area contributed by atoms with Gasteiger partial charge in [-0.3, -0.25) is 39.5 Å². The minimum absolute atomic E-state index is 0. The Kier molecular flexibility index (Phi) is 25.2. The Labute approximate surface area is 667 Å². The van der Waals surface area contributed by atoms with E-state index < -0.39 is 58.9 Å². The number of aryl methyl sites for hydroxylation is 3. The summed E-state index contributed by atoms with van der Waals surface area (Å²) in [5.74, 6) is -3.11. The Morgan fingerprint density at radius 3 is 1.04 bits per heavy atom. The zero-order valence-electron chi connectivity index (χ0n) is 60.8. The van der Waals surface area contributed by atoms with Gasteiger partial charge in [0.1, 0.15) is 17.5 Å². The average Bonchev–Trinajstić information content (AvgIpc) is 1.72. The van der Waals surface area contributed by atoms with Crippen molar-refractivity contribution in [2.24, 2.45) is 5.73 Å². The lowest BCUT2D eigenvalue weighted by Gasteiger charge is -2.10. The summed E-state index contributed by atoms with van der Waals surface area (Å²) in [6.07, 6.45) is 18.4. The van der Waals surface area contributed by atoms with Crippen molar-refractivity contribution in [3.05, 3.63) is 300 Å². The Balaban J connectivity index is 0.000000156. The Morgan fingerprint density at radius 1 is 0.434 bits per heavy atom. The lowest BCUT2D eigenvalue weighted by molar-refractivity contribution is 0.0695. The van der Waals surface area contributed by atoms with Gasteiger partial charge in [0.05, 0.1) is 68.0 Å². The molecule has 580 valence electrons. The van der Waals surface area contributed by atoms with Crippen LogP contribution in [0.2, 0.25) is 15.1 Å². The molecule has 22 nitrogen and oxygen atoms in total. The van der Waals surface area contributed by atoms with E-state index in [-0.39, 0.29) is 78.9 Å². The molecule has 0 unspecified atom stereocenters. The largest absolute Gasteiger partial charge is 0.478 e. The van der Waals surface area contributed by atoms with Crippen LogP contribution < -0.4 is 16.4 Å². The van der Waals surface area contributed by atoms with Gasteiger partial charge in [-0.05, 0) is 163 Å². The molecule has 0 aliphatic rings. The number of carbonyl (C=O) groups excluding carboxylic acids is 2. The van der Waals surface area contributed by atoms with Gasteiger partial charge in [-0.15, -0.1) is 12.4 Å². The fourth-order valence-corrected chi connectivity index (χ4v) is 16.0. The van der Waals surface area contributed by atoms with Crippen molar-refractivity contribution in [2.45, 2.75) is 74.4 Å². The minimum Gasteiger partial charge on any atom is -0.478 e. The molecule has 9 aromatic heterocycles. The molecule has 15 aromatic rings. The Bertz CT molecular complexity index is 6390. The van der Waals surface area contributed by atoms with Gasteiger partial charge in [0.15, 0.2) is 29.5 Å². The van der Waals surface area contributed by atoms with Crippen LogP contribution in [0.3, 0.4) is 0 Å². The van der Waals surface area contributed by atoms with Gasteiger partial charge in [-0.1, -0.05) is 53.0 Å². The predicted molar refractivity (Wildman–Crippen MR) is 434 cm³/mol. The molecule has 2 amide bonds. The second-order valence-corrected chi connectivity index (χ2v) is 33.8. The molecule has 9 heterocycles. The molecular weight excluding hydrogens is 1600 g/mol. The van der Waals surface area contributed by atoms with E-state index in [0.717, 1.165) is 57.5 Å². The number of carboxylic acids is 1. The quantitative estimate of drug-likeness (QED) is 0.0445.